The molecule has 2 heterocycles. The highest BCUT2D eigenvalue weighted by Gasteiger charge is 2.43. The molecule has 0 radical (unpaired) electrons. The normalized spacial score (nSPS) is 17.8. The fourth-order valence-electron chi connectivity index (χ4n) is 9.13. The van der Waals surface area contributed by atoms with Gasteiger partial charge in [0.15, 0.2) is 0 Å². The molecule has 2 aromatic rings. The van der Waals surface area contributed by atoms with Crippen LogP contribution >= 0.6 is 11.3 Å². The Morgan fingerprint density at radius 3 is 2.12 bits per heavy atom. The zero-order valence-corrected chi connectivity index (χ0v) is 44.6. The molecule has 68 heavy (non-hydrogen) atoms. The van der Waals surface area contributed by atoms with Crippen LogP contribution in [0.3, 0.4) is 0 Å². The SMILES string of the molecule is CC[C@H](C)[C@@H]([C@@H](CC(=O)N1CCC[C@H]1[C@H](OC)[C@@H](C)C(=O)N[C@@H](Cc1ccccc1)c1nccs1)OC)N(C)C(=O)[C@@H](NC(=O)[C@H](C(C)C)N(C)CCOCCN(C)C(=O)OC(C)(C)C)C(C)C. The predicted octanol–water partition coefficient (Wildman–Crippen LogP) is 6.44. The molecule has 1 aromatic heterocycles. The number of likely N-dealkylation sites (N-methyl/N-ethyl adjacent to an activating group) is 3. The molecule has 9 atom stereocenters. The topological polar surface area (TPSA) is 172 Å². The van der Waals surface area contributed by atoms with Crippen LogP contribution in [-0.2, 0) is 44.5 Å². The number of ether oxygens (including phenoxy) is 4. The van der Waals surface area contributed by atoms with Crippen molar-refractivity contribution in [2.45, 2.75) is 149 Å². The second-order valence-electron chi connectivity index (χ2n) is 20.1. The van der Waals surface area contributed by atoms with Crippen LogP contribution in [0.4, 0.5) is 4.79 Å². The molecule has 1 fully saturated rings. The van der Waals surface area contributed by atoms with Gasteiger partial charge in [0, 0.05) is 59.5 Å². The molecule has 16 nitrogen and oxygen atoms in total. The number of benzene rings is 1. The molecule has 384 valence electrons. The summed E-state index contributed by atoms with van der Waals surface area (Å²) in [4.78, 5) is 81.0. The summed E-state index contributed by atoms with van der Waals surface area (Å²) in [5.74, 6) is -1.82. The molecule has 17 heteroatoms. The van der Waals surface area contributed by atoms with E-state index in [9.17, 15) is 24.0 Å². The van der Waals surface area contributed by atoms with Crippen molar-refractivity contribution < 1.29 is 42.9 Å². The first-order valence-corrected chi connectivity index (χ1v) is 25.3. The van der Waals surface area contributed by atoms with Gasteiger partial charge in [-0.15, -0.1) is 11.3 Å². The predicted molar refractivity (Wildman–Crippen MR) is 267 cm³/mol. The summed E-state index contributed by atoms with van der Waals surface area (Å²) in [6.07, 6.45) is 2.83. The molecule has 1 aromatic carbocycles. The summed E-state index contributed by atoms with van der Waals surface area (Å²) in [5.41, 5.74) is 0.490. The van der Waals surface area contributed by atoms with Crippen molar-refractivity contribution in [2.75, 3.05) is 68.2 Å². The van der Waals surface area contributed by atoms with E-state index in [1.54, 1.807) is 39.4 Å². The summed E-state index contributed by atoms with van der Waals surface area (Å²) in [5, 5.41) is 9.06. The van der Waals surface area contributed by atoms with E-state index in [0.29, 0.717) is 52.1 Å². The number of nitrogens with one attached hydrogen (secondary N) is 2. The van der Waals surface area contributed by atoms with E-state index in [2.05, 4.69) is 15.6 Å². The van der Waals surface area contributed by atoms with Gasteiger partial charge in [0.05, 0.1) is 61.9 Å². The van der Waals surface area contributed by atoms with E-state index in [4.69, 9.17) is 18.9 Å². The van der Waals surface area contributed by atoms with Gasteiger partial charge in [-0.2, -0.15) is 0 Å². The van der Waals surface area contributed by atoms with Crippen molar-refractivity contribution in [1.29, 1.82) is 0 Å². The van der Waals surface area contributed by atoms with Crippen LogP contribution in [0.15, 0.2) is 41.9 Å². The molecule has 1 saturated heterocycles. The highest BCUT2D eigenvalue weighted by molar-refractivity contribution is 7.09. The minimum Gasteiger partial charge on any atom is -0.444 e. The highest BCUT2D eigenvalue weighted by Crippen LogP contribution is 2.31. The quantitative estimate of drug-likeness (QED) is 0.0944. The lowest BCUT2D eigenvalue weighted by molar-refractivity contribution is -0.148. The van der Waals surface area contributed by atoms with E-state index < -0.39 is 47.9 Å². The Hall–Kier alpha value is -4.16. The Morgan fingerprint density at radius 2 is 1.56 bits per heavy atom. The van der Waals surface area contributed by atoms with Gasteiger partial charge < -0.3 is 44.3 Å². The molecule has 0 aliphatic carbocycles. The third-order valence-corrected chi connectivity index (χ3v) is 14.0. The lowest BCUT2D eigenvalue weighted by Crippen LogP contribution is -2.60. The lowest BCUT2D eigenvalue weighted by Gasteiger charge is -2.41. The molecule has 5 amide bonds. The van der Waals surface area contributed by atoms with Crippen LogP contribution in [0.2, 0.25) is 0 Å². The average Bonchev–Trinajstić information content (AvgIpc) is 4.01. The first-order chi connectivity index (χ1) is 32.1. The van der Waals surface area contributed by atoms with E-state index >= 15 is 0 Å². The minimum absolute atomic E-state index is 0.0120. The van der Waals surface area contributed by atoms with E-state index in [1.807, 2.05) is 122 Å². The van der Waals surface area contributed by atoms with Crippen LogP contribution in [0.1, 0.15) is 112 Å². The summed E-state index contributed by atoms with van der Waals surface area (Å²) >= 11 is 1.50. The van der Waals surface area contributed by atoms with Gasteiger partial charge in [-0.05, 0) is 70.4 Å². The standard InChI is InChI=1S/C51H85N7O9S/c1-16-35(6)44(57(13)49(62)42(33(2)3)54-47(61)43(34(4)5)55(11)26-28-66-29-27-56(12)50(63)67-51(8,9)10)40(64-14)32-41(59)58-25-20-23-39(58)45(65-15)36(7)46(60)53-38(48-52-24-30-68-48)31-37-21-18-17-19-22-37/h17-19,21-22,24,30,33-36,38-40,42-45H,16,20,23,25-29,31-32H2,1-15H3,(H,53,60)(H,54,61)/t35-,36+,38-,39-,40+,42-,43-,44-,45+/m0/s1. The molecule has 3 rings (SSSR count). The highest BCUT2D eigenvalue weighted by atomic mass is 32.1. The number of carbonyl (C=O) groups excluding carboxylic acids is 5. The van der Waals surface area contributed by atoms with E-state index in [-0.39, 0.29) is 59.9 Å². The van der Waals surface area contributed by atoms with Crippen LogP contribution in [0.25, 0.3) is 0 Å². The maximum atomic E-state index is 14.6. The number of hydrogen-bond donors (Lipinski definition) is 2. The molecule has 1 aliphatic heterocycles. The summed E-state index contributed by atoms with van der Waals surface area (Å²) in [6, 6.07) is 7.43. The maximum absolute atomic E-state index is 14.6. The van der Waals surface area contributed by atoms with E-state index in [1.165, 1.54) is 16.2 Å². The zero-order valence-electron chi connectivity index (χ0n) is 43.8. The zero-order chi connectivity index (χ0) is 50.9. The van der Waals surface area contributed by atoms with Crippen LogP contribution in [-0.4, -0.2) is 164 Å². The third-order valence-electron chi connectivity index (χ3n) is 13.1. The van der Waals surface area contributed by atoms with Crippen molar-refractivity contribution in [1.82, 2.24) is 35.2 Å². The summed E-state index contributed by atoms with van der Waals surface area (Å²) in [7, 11) is 8.41. The van der Waals surface area contributed by atoms with Gasteiger partial charge in [0.2, 0.25) is 23.6 Å². The fourth-order valence-corrected chi connectivity index (χ4v) is 9.82. The Kier molecular flexibility index (Phi) is 23.8. The Balaban J connectivity index is 1.71. The third kappa shape index (κ3) is 17.1. The Bertz CT molecular complexity index is 1850. The van der Waals surface area contributed by atoms with Gasteiger partial charge >= 0.3 is 6.09 Å². The second kappa shape index (κ2) is 27.9. The molecular weight excluding hydrogens is 887 g/mol. The summed E-state index contributed by atoms with van der Waals surface area (Å²) in [6.45, 7) is 21.1. The van der Waals surface area contributed by atoms with Crippen molar-refractivity contribution in [3.8, 4) is 0 Å². The van der Waals surface area contributed by atoms with Gasteiger partial charge in [-0.1, -0.05) is 85.2 Å². The number of amides is 5. The van der Waals surface area contributed by atoms with Gasteiger partial charge in [0.25, 0.3) is 0 Å². The number of rotatable bonds is 27. The maximum Gasteiger partial charge on any atom is 0.410 e. The molecule has 0 bridgehead atoms. The molecular formula is C51H85N7O9S. The molecule has 2 N–H and O–H groups in total. The number of carbonyl (C=O) groups is 5. The molecule has 0 spiro atoms. The largest absolute Gasteiger partial charge is 0.444 e. The number of thiazole rings is 1. The van der Waals surface area contributed by atoms with Crippen LogP contribution in [0.5, 0.6) is 0 Å². The summed E-state index contributed by atoms with van der Waals surface area (Å²) < 4.78 is 23.4. The molecule has 0 saturated carbocycles. The van der Waals surface area contributed by atoms with Crippen LogP contribution in [0, 0.1) is 23.7 Å². The van der Waals surface area contributed by atoms with Gasteiger partial charge in [-0.3, -0.25) is 24.1 Å². The number of likely N-dealkylation sites (tertiary alicyclic amines) is 1. The van der Waals surface area contributed by atoms with Crippen molar-refractivity contribution >= 4 is 41.1 Å². The first kappa shape index (κ1) is 58.2. The second-order valence-corrected chi connectivity index (χ2v) is 21.1. The number of nitrogens with zero attached hydrogens (tertiary/aromatic N) is 5. The smallest absolute Gasteiger partial charge is 0.410 e. The number of methoxy groups -OCH3 is 2. The van der Waals surface area contributed by atoms with Crippen LogP contribution < -0.4 is 10.6 Å². The monoisotopic (exact) mass is 972 g/mol. The van der Waals surface area contributed by atoms with Crippen molar-refractivity contribution in [3.05, 3.63) is 52.5 Å². The first-order valence-electron chi connectivity index (χ1n) is 24.4. The van der Waals surface area contributed by atoms with Gasteiger partial charge in [0.1, 0.15) is 16.7 Å². The molecule has 1 aliphatic rings. The minimum atomic E-state index is -0.845. The number of aromatic nitrogens is 1. The van der Waals surface area contributed by atoms with Gasteiger partial charge in [-0.25, -0.2) is 9.78 Å². The Morgan fingerprint density at radius 1 is 0.897 bits per heavy atom. The van der Waals surface area contributed by atoms with E-state index in [0.717, 1.165) is 17.0 Å². The Labute approximate surface area is 411 Å². The average molecular weight is 972 g/mol. The fraction of sp³-hybridized carbons (Fsp3) is 0.725. The van der Waals surface area contributed by atoms with Crippen molar-refractivity contribution in [2.24, 2.45) is 23.7 Å². The lowest BCUT2D eigenvalue weighted by atomic mass is 9.89. The number of hydrogen-bond acceptors (Lipinski definition) is 12. The van der Waals surface area contributed by atoms with Crippen molar-refractivity contribution in [3.63, 3.8) is 0 Å². The molecule has 0 unspecified atom stereocenters.